The van der Waals surface area contributed by atoms with Crippen LogP contribution in [0.2, 0.25) is 0 Å². The average Bonchev–Trinajstić information content (AvgIpc) is 2.45. The molecule has 0 N–H and O–H groups in total. The second kappa shape index (κ2) is 7.63. The minimum atomic E-state index is -4.30. The zero-order valence-corrected chi connectivity index (χ0v) is 19.7. The number of benzene rings is 2. The molecule has 0 unspecified atom stereocenters. The van der Waals surface area contributed by atoms with Gasteiger partial charge in [0.15, 0.2) is 0 Å². The molecule has 0 radical (unpaired) electrons. The van der Waals surface area contributed by atoms with Crippen molar-refractivity contribution in [3.05, 3.63) is 59.7 Å². The van der Waals surface area contributed by atoms with E-state index in [2.05, 4.69) is 41.5 Å². The molecule has 136 valence electrons. The Balaban J connectivity index is 0.00000338. The van der Waals surface area contributed by atoms with Crippen molar-refractivity contribution in [2.24, 2.45) is 0 Å². The van der Waals surface area contributed by atoms with Gasteiger partial charge in [0.05, 0.1) is 0 Å². The van der Waals surface area contributed by atoms with Gasteiger partial charge in [-0.3, -0.25) is 0 Å². The van der Waals surface area contributed by atoms with Crippen molar-refractivity contribution in [1.29, 1.82) is 0 Å². The number of hydrogen-bond donors (Lipinski definition) is 0. The van der Waals surface area contributed by atoms with Crippen LogP contribution in [-0.2, 0) is 29.6 Å². The molecule has 0 saturated heterocycles. The number of para-hydroxylation sites is 2. The van der Waals surface area contributed by atoms with Crippen LogP contribution in [-0.4, -0.2) is 0 Å². The predicted octanol–water partition coefficient (Wildman–Crippen LogP) is 7.26. The van der Waals surface area contributed by atoms with Crippen LogP contribution in [0.4, 0.5) is 0 Å². The summed E-state index contributed by atoms with van der Waals surface area (Å²) >= 11 is -4.30. The third-order valence-electron chi connectivity index (χ3n) is 3.85. The van der Waals surface area contributed by atoms with E-state index in [-0.39, 0.29) is 13.7 Å². The number of rotatable bonds is 4. The zero-order valence-electron chi connectivity index (χ0n) is 17.7. The number of hydrogen-bond acceptors (Lipinski definition) is 2. The maximum Gasteiger partial charge on any atom is 1.00 e. The first-order valence-corrected chi connectivity index (χ1v) is 16.7. The first-order chi connectivity index (χ1) is 11.4. The van der Waals surface area contributed by atoms with Crippen LogP contribution < -0.4 is 5.63 Å². The van der Waals surface area contributed by atoms with E-state index in [1.165, 1.54) is 0 Å². The van der Waals surface area contributed by atoms with Crippen molar-refractivity contribution >= 4 is 17.0 Å². The maximum atomic E-state index is 6.58. The summed E-state index contributed by atoms with van der Waals surface area (Å²) in [6, 6.07) is 15.7. The molecule has 2 nitrogen and oxygen atoms in total. The van der Waals surface area contributed by atoms with E-state index in [9.17, 15) is 0 Å². The molecule has 0 bridgehead atoms. The molecular weight excluding hydrogens is 434 g/mol. The van der Waals surface area contributed by atoms with Gasteiger partial charge in [-0.1, -0.05) is 0 Å². The molecule has 0 saturated carbocycles. The molecule has 0 heterocycles. The van der Waals surface area contributed by atoms with E-state index in [0.717, 1.165) is 11.1 Å². The van der Waals surface area contributed by atoms with Crippen molar-refractivity contribution in [2.75, 3.05) is 0 Å². The molecule has 0 aliphatic carbocycles. The Bertz CT molecular complexity index is 680. The maximum absolute atomic E-state index is 6.58. The van der Waals surface area contributed by atoms with Crippen LogP contribution in [0, 0.1) is 0 Å². The van der Waals surface area contributed by atoms with Gasteiger partial charge in [0.1, 0.15) is 0 Å². The molecule has 0 aromatic heterocycles. The smallest absolute Gasteiger partial charge is 1.00 e. The Labute approximate surface area is 167 Å². The number of halogens is 2. The summed E-state index contributed by atoms with van der Waals surface area (Å²) in [7, 11) is 13.2. The fourth-order valence-corrected chi connectivity index (χ4v) is 6.83. The van der Waals surface area contributed by atoms with Gasteiger partial charge in [-0.2, -0.15) is 0 Å². The minimum Gasteiger partial charge on any atom is 1.00 e. The predicted molar refractivity (Wildman–Crippen MR) is 105 cm³/mol. The van der Waals surface area contributed by atoms with Gasteiger partial charge in [-0.05, 0) is 0 Å². The van der Waals surface area contributed by atoms with Crippen LogP contribution in [0.15, 0.2) is 48.5 Å². The fourth-order valence-electron chi connectivity index (χ4n) is 2.63. The van der Waals surface area contributed by atoms with E-state index in [1.807, 2.05) is 48.5 Å². The molecule has 0 spiro atoms. The van der Waals surface area contributed by atoms with Crippen LogP contribution in [0.3, 0.4) is 0 Å². The fraction of sp³-hybridized carbons (Fsp3) is 0.400. The topological polar surface area (TPSA) is 18.5 Å². The Morgan fingerprint density at radius 1 is 0.680 bits per heavy atom. The first-order valence-electron chi connectivity index (χ1n) is 8.35. The van der Waals surface area contributed by atoms with Crippen molar-refractivity contribution in [1.82, 2.24) is 0 Å². The summed E-state index contributed by atoms with van der Waals surface area (Å²) in [5, 5.41) is 0. The second-order valence-electron chi connectivity index (χ2n) is 8.16. The monoisotopic (exact) mass is 460 g/mol. The Hall–Kier alpha value is -0.497. The van der Waals surface area contributed by atoms with Gasteiger partial charge in [0.25, 0.3) is 0 Å². The molecule has 0 amide bonds. The van der Waals surface area contributed by atoms with Crippen LogP contribution in [0.5, 0.6) is 11.5 Å². The van der Waals surface area contributed by atoms with Gasteiger partial charge >= 0.3 is 168 Å². The van der Waals surface area contributed by atoms with E-state index < -0.39 is 18.8 Å². The summed E-state index contributed by atoms with van der Waals surface area (Å²) in [5.74, 6) is 1.40. The van der Waals surface area contributed by atoms with Crippen molar-refractivity contribution < 1.29 is 27.2 Å². The molecule has 0 aliphatic rings. The molecular formula is C20H28Cl2O2Zr+2. The molecule has 0 aliphatic heterocycles. The molecule has 5 heteroatoms. The average molecular weight is 463 g/mol. The quantitative estimate of drug-likeness (QED) is 0.476. The molecule has 25 heavy (non-hydrogen) atoms. The van der Waals surface area contributed by atoms with E-state index in [4.69, 9.17) is 22.7 Å². The summed E-state index contributed by atoms with van der Waals surface area (Å²) in [6.45, 7) is 12.8. The SMILES string of the molecule is CC(C)(C)c1ccccc1[O][Zr]([Cl])([Cl])[O]c1ccccc1C(C)(C)C.[H+].[H+]. The van der Waals surface area contributed by atoms with Crippen molar-refractivity contribution in [2.45, 2.75) is 52.4 Å². The Kier molecular flexibility index (Phi) is 6.35. The van der Waals surface area contributed by atoms with E-state index in [0.29, 0.717) is 11.5 Å². The Morgan fingerprint density at radius 3 is 1.32 bits per heavy atom. The van der Waals surface area contributed by atoms with Gasteiger partial charge < -0.3 is 0 Å². The summed E-state index contributed by atoms with van der Waals surface area (Å²) in [6.07, 6.45) is 0. The van der Waals surface area contributed by atoms with E-state index in [1.54, 1.807) is 0 Å². The van der Waals surface area contributed by atoms with Crippen molar-refractivity contribution in [3.63, 3.8) is 0 Å². The third-order valence-corrected chi connectivity index (χ3v) is 7.92. The van der Waals surface area contributed by atoms with Gasteiger partial charge in [0, 0.05) is 0 Å². The molecule has 0 fully saturated rings. The van der Waals surface area contributed by atoms with Crippen LogP contribution >= 0.6 is 17.0 Å². The van der Waals surface area contributed by atoms with Gasteiger partial charge in [-0.15, -0.1) is 0 Å². The normalized spacial score (nSPS) is 12.8. The largest absolute Gasteiger partial charge is 1.00 e. The molecule has 2 aromatic rings. The first kappa shape index (κ1) is 20.8. The van der Waals surface area contributed by atoms with Crippen LogP contribution in [0.1, 0.15) is 55.5 Å². The zero-order chi connectivity index (χ0) is 18.9. The minimum absolute atomic E-state index is 0. The summed E-state index contributed by atoms with van der Waals surface area (Å²) < 4.78 is 12.1. The van der Waals surface area contributed by atoms with Gasteiger partial charge in [0.2, 0.25) is 0 Å². The third kappa shape index (κ3) is 5.74. The summed E-state index contributed by atoms with van der Waals surface area (Å²) in [4.78, 5) is 0. The van der Waals surface area contributed by atoms with Crippen LogP contribution in [0.25, 0.3) is 0 Å². The second-order valence-corrected chi connectivity index (χ2v) is 18.5. The van der Waals surface area contributed by atoms with Crippen molar-refractivity contribution in [3.8, 4) is 11.5 Å². The van der Waals surface area contributed by atoms with E-state index >= 15 is 0 Å². The molecule has 2 aromatic carbocycles. The van der Waals surface area contributed by atoms with Gasteiger partial charge in [-0.25, -0.2) is 0 Å². The molecule has 0 atom stereocenters. The standard InChI is InChI=1S/2C10H14O.2ClH.Zr/c2*1-10(2,3)8-6-4-5-7-9(8)11;;;/h2*4-7,11H,1-3H3;2*1H;/q;;;;+4/p-2. The molecule has 2 rings (SSSR count). The Morgan fingerprint density at radius 2 is 1.00 bits per heavy atom. The summed E-state index contributed by atoms with van der Waals surface area (Å²) in [5.41, 5.74) is 1.97.